The molecule has 2 rings (SSSR count). The van der Waals surface area contributed by atoms with Gasteiger partial charge in [0.25, 0.3) is 0 Å². The van der Waals surface area contributed by atoms with Crippen molar-refractivity contribution in [3.05, 3.63) is 23.3 Å². The smallest absolute Gasteiger partial charge is 0.314 e. The molecule has 0 aliphatic heterocycles. The fourth-order valence-electron chi connectivity index (χ4n) is 3.19. The van der Waals surface area contributed by atoms with Gasteiger partial charge in [-0.15, -0.1) is 0 Å². The van der Waals surface area contributed by atoms with E-state index in [9.17, 15) is 9.90 Å². The van der Waals surface area contributed by atoms with Crippen LogP contribution in [0.4, 0.5) is 0 Å². The lowest BCUT2D eigenvalue weighted by Crippen LogP contribution is -2.32. The number of carboxylic acids is 1. The van der Waals surface area contributed by atoms with E-state index >= 15 is 0 Å². The van der Waals surface area contributed by atoms with E-state index in [0.29, 0.717) is 30.9 Å². The van der Waals surface area contributed by atoms with Crippen molar-refractivity contribution in [1.82, 2.24) is 0 Å². The zero-order chi connectivity index (χ0) is 15.5. The number of methoxy groups -OCH3 is 3. The summed E-state index contributed by atoms with van der Waals surface area (Å²) < 4.78 is 16.0. The van der Waals surface area contributed by atoms with Gasteiger partial charge in [0.05, 0.1) is 26.2 Å². The lowest BCUT2D eigenvalue weighted by atomic mass is 9.78. The minimum absolute atomic E-state index is 0.350. The normalized spacial score (nSPS) is 16.7. The highest BCUT2D eigenvalue weighted by atomic mass is 16.5. The molecule has 1 aliphatic carbocycles. The average molecular weight is 294 g/mol. The number of hydrogen-bond acceptors (Lipinski definition) is 4. The summed E-state index contributed by atoms with van der Waals surface area (Å²) in [4.78, 5) is 11.8. The van der Waals surface area contributed by atoms with Gasteiger partial charge in [0.1, 0.15) is 0 Å². The van der Waals surface area contributed by atoms with Crippen molar-refractivity contribution >= 4 is 5.97 Å². The molecule has 21 heavy (non-hydrogen) atoms. The monoisotopic (exact) mass is 294 g/mol. The van der Waals surface area contributed by atoms with Gasteiger partial charge in [-0.25, -0.2) is 0 Å². The van der Waals surface area contributed by atoms with Gasteiger partial charge in [0.2, 0.25) is 0 Å². The number of benzene rings is 1. The van der Waals surface area contributed by atoms with Crippen molar-refractivity contribution in [2.24, 2.45) is 0 Å². The van der Waals surface area contributed by atoms with Gasteiger partial charge in [-0.3, -0.25) is 4.79 Å². The number of carbonyl (C=O) groups is 1. The molecule has 1 saturated carbocycles. The molecule has 116 valence electrons. The number of carboxylic acid groups (broad SMARTS) is 1. The van der Waals surface area contributed by atoms with E-state index in [0.717, 1.165) is 24.0 Å². The highest BCUT2D eigenvalue weighted by Crippen LogP contribution is 2.45. The molecular weight excluding hydrogens is 272 g/mol. The molecule has 1 N–H and O–H groups in total. The molecule has 5 nitrogen and oxygen atoms in total. The van der Waals surface area contributed by atoms with Crippen molar-refractivity contribution in [2.45, 2.75) is 37.7 Å². The van der Waals surface area contributed by atoms with Gasteiger partial charge in [-0.1, -0.05) is 12.8 Å². The van der Waals surface area contributed by atoms with E-state index in [1.165, 1.54) is 0 Å². The molecule has 0 amide bonds. The maximum atomic E-state index is 11.8. The van der Waals surface area contributed by atoms with Crippen molar-refractivity contribution in [3.8, 4) is 11.5 Å². The molecule has 5 heteroatoms. The quantitative estimate of drug-likeness (QED) is 0.874. The number of hydrogen-bond donors (Lipinski definition) is 1. The first kappa shape index (κ1) is 15.6. The molecule has 0 aromatic heterocycles. The Hall–Kier alpha value is -1.75. The zero-order valence-corrected chi connectivity index (χ0v) is 12.8. The van der Waals surface area contributed by atoms with Crippen LogP contribution in [-0.4, -0.2) is 32.4 Å². The second-order valence-corrected chi connectivity index (χ2v) is 5.40. The Labute approximate surface area is 124 Å². The minimum Gasteiger partial charge on any atom is -0.493 e. The van der Waals surface area contributed by atoms with Crippen LogP contribution in [0.25, 0.3) is 0 Å². The first-order valence-electron chi connectivity index (χ1n) is 7.06. The molecule has 0 saturated heterocycles. The molecule has 0 bridgehead atoms. The van der Waals surface area contributed by atoms with E-state index in [4.69, 9.17) is 14.2 Å². The van der Waals surface area contributed by atoms with Crippen LogP contribution in [0.3, 0.4) is 0 Å². The molecule has 0 unspecified atom stereocenters. The standard InChI is InChI=1S/C16H22O5/c1-19-10-11-8-12(9-13(20-2)14(11)21-3)16(15(17)18)6-4-5-7-16/h8-9H,4-7,10H2,1-3H3,(H,17,18). The van der Waals surface area contributed by atoms with Crippen molar-refractivity contribution in [3.63, 3.8) is 0 Å². The van der Waals surface area contributed by atoms with Crippen LogP contribution in [0.5, 0.6) is 11.5 Å². The first-order valence-corrected chi connectivity index (χ1v) is 7.06. The summed E-state index contributed by atoms with van der Waals surface area (Å²) in [5.41, 5.74) is 0.765. The van der Waals surface area contributed by atoms with Crippen LogP contribution in [0, 0.1) is 0 Å². The molecule has 0 atom stereocenters. The second-order valence-electron chi connectivity index (χ2n) is 5.40. The van der Waals surface area contributed by atoms with E-state index in [-0.39, 0.29) is 0 Å². The molecule has 1 aromatic carbocycles. The number of ether oxygens (including phenoxy) is 3. The fourth-order valence-corrected chi connectivity index (χ4v) is 3.19. The van der Waals surface area contributed by atoms with Crippen LogP contribution in [0.15, 0.2) is 12.1 Å². The Morgan fingerprint density at radius 3 is 2.33 bits per heavy atom. The molecular formula is C16H22O5. The summed E-state index contributed by atoms with van der Waals surface area (Å²) in [5, 5.41) is 9.72. The molecule has 1 aliphatic rings. The minimum atomic E-state index is -0.817. The third-order valence-corrected chi connectivity index (χ3v) is 4.27. The average Bonchev–Trinajstić information content (AvgIpc) is 2.97. The third kappa shape index (κ3) is 2.70. The summed E-state index contributed by atoms with van der Waals surface area (Å²) in [6.07, 6.45) is 3.18. The zero-order valence-electron chi connectivity index (χ0n) is 12.8. The van der Waals surface area contributed by atoms with Crippen LogP contribution >= 0.6 is 0 Å². The Morgan fingerprint density at radius 1 is 1.19 bits per heavy atom. The predicted molar refractivity (Wildman–Crippen MR) is 78.0 cm³/mol. The summed E-state index contributed by atoms with van der Waals surface area (Å²) in [6.45, 7) is 0.350. The maximum Gasteiger partial charge on any atom is 0.314 e. The van der Waals surface area contributed by atoms with Crippen LogP contribution < -0.4 is 9.47 Å². The predicted octanol–water partition coefficient (Wildman–Crippen LogP) is 2.75. The van der Waals surface area contributed by atoms with E-state index < -0.39 is 11.4 Å². The fraction of sp³-hybridized carbons (Fsp3) is 0.562. The third-order valence-electron chi connectivity index (χ3n) is 4.27. The van der Waals surface area contributed by atoms with Crippen molar-refractivity contribution in [2.75, 3.05) is 21.3 Å². The van der Waals surface area contributed by atoms with Crippen LogP contribution in [0.1, 0.15) is 36.8 Å². The molecule has 0 radical (unpaired) electrons. The summed E-state index contributed by atoms with van der Waals surface area (Å²) in [7, 11) is 4.72. The maximum absolute atomic E-state index is 11.8. The second kappa shape index (κ2) is 6.35. The Morgan fingerprint density at radius 2 is 1.86 bits per heavy atom. The summed E-state index contributed by atoms with van der Waals surface area (Å²) >= 11 is 0. The summed E-state index contributed by atoms with van der Waals surface area (Å²) in [6, 6.07) is 3.67. The van der Waals surface area contributed by atoms with Gasteiger partial charge in [0, 0.05) is 12.7 Å². The van der Waals surface area contributed by atoms with Crippen molar-refractivity contribution in [1.29, 1.82) is 0 Å². The largest absolute Gasteiger partial charge is 0.493 e. The SMILES string of the molecule is COCc1cc(C2(C(=O)O)CCCC2)cc(OC)c1OC. The van der Waals surface area contributed by atoms with Crippen LogP contribution in [0.2, 0.25) is 0 Å². The Kier molecular flexibility index (Phi) is 4.73. The topological polar surface area (TPSA) is 65.0 Å². The molecule has 0 spiro atoms. The summed E-state index contributed by atoms with van der Waals surface area (Å²) in [5.74, 6) is 0.381. The molecule has 1 fully saturated rings. The molecule has 1 aromatic rings. The van der Waals surface area contributed by atoms with Gasteiger partial charge in [0.15, 0.2) is 11.5 Å². The van der Waals surface area contributed by atoms with Gasteiger partial charge in [-0.05, 0) is 30.5 Å². The lowest BCUT2D eigenvalue weighted by molar-refractivity contribution is -0.143. The number of rotatable bonds is 6. The Balaban J connectivity index is 2.58. The van der Waals surface area contributed by atoms with E-state index in [1.807, 2.05) is 6.07 Å². The first-order chi connectivity index (χ1) is 10.1. The van der Waals surface area contributed by atoms with Gasteiger partial charge in [-0.2, -0.15) is 0 Å². The van der Waals surface area contributed by atoms with E-state index in [1.54, 1.807) is 27.4 Å². The highest BCUT2D eigenvalue weighted by molar-refractivity contribution is 5.82. The van der Waals surface area contributed by atoms with Gasteiger partial charge >= 0.3 is 5.97 Å². The van der Waals surface area contributed by atoms with Gasteiger partial charge < -0.3 is 19.3 Å². The lowest BCUT2D eigenvalue weighted by Gasteiger charge is -2.26. The Bertz CT molecular complexity index is 518. The van der Waals surface area contributed by atoms with E-state index in [2.05, 4.69) is 0 Å². The van der Waals surface area contributed by atoms with Crippen LogP contribution in [-0.2, 0) is 21.6 Å². The number of aliphatic carboxylic acids is 1. The van der Waals surface area contributed by atoms with Crippen molar-refractivity contribution < 1.29 is 24.1 Å². The highest BCUT2D eigenvalue weighted by Gasteiger charge is 2.43. The molecule has 0 heterocycles.